The summed E-state index contributed by atoms with van der Waals surface area (Å²) in [7, 11) is 1.66. The summed E-state index contributed by atoms with van der Waals surface area (Å²) in [6, 6.07) is 29.7. The summed E-state index contributed by atoms with van der Waals surface area (Å²) in [6.45, 7) is 0. The van der Waals surface area contributed by atoms with Crippen LogP contribution in [0.2, 0.25) is 0 Å². The minimum absolute atomic E-state index is 0.636. The highest BCUT2D eigenvalue weighted by atomic mass is 16.5. The summed E-state index contributed by atoms with van der Waals surface area (Å²) < 4.78 is 7.21. The Labute approximate surface area is 157 Å². The molecule has 4 heteroatoms. The van der Waals surface area contributed by atoms with Crippen LogP contribution in [0.3, 0.4) is 0 Å². The molecule has 0 unspecified atom stereocenters. The van der Waals surface area contributed by atoms with Crippen LogP contribution in [0.5, 0.6) is 5.75 Å². The number of nitriles is 1. The van der Waals surface area contributed by atoms with Crippen LogP contribution in [-0.2, 0) is 0 Å². The average Bonchev–Trinajstić information content (AvgIpc) is 3.20. The molecule has 0 saturated heterocycles. The predicted octanol–water partition coefficient (Wildman–Crippen LogP) is 5.09. The maximum Gasteiger partial charge on any atom is 0.118 e. The van der Waals surface area contributed by atoms with Gasteiger partial charge < -0.3 is 4.74 Å². The molecule has 3 aromatic carbocycles. The van der Waals surface area contributed by atoms with Crippen LogP contribution in [0.25, 0.3) is 28.2 Å². The molecule has 0 spiro atoms. The second-order valence-electron chi connectivity index (χ2n) is 6.08. The van der Waals surface area contributed by atoms with Gasteiger partial charge in [-0.2, -0.15) is 10.4 Å². The normalized spacial score (nSPS) is 10.4. The fourth-order valence-corrected chi connectivity index (χ4v) is 2.97. The first-order valence-electron chi connectivity index (χ1n) is 8.59. The van der Waals surface area contributed by atoms with E-state index in [1.165, 1.54) is 0 Å². The molecule has 0 radical (unpaired) electrons. The van der Waals surface area contributed by atoms with Gasteiger partial charge in [-0.25, -0.2) is 4.68 Å². The molecular weight excluding hydrogens is 334 g/mol. The van der Waals surface area contributed by atoms with E-state index in [0.717, 1.165) is 34.0 Å². The van der Waals surface area contributed by atoms with Gasteiger partial charge in [-0.15, -0.1) is 0 Å². The van der Waals surface area contributed by atoms with Gasteiger partial charge in [0.2, 0.25) is 0 Å². The van der Waals surface area contributed by atoms with Crippen molar-refractivity contribution >= 4 is 0 Å². The Morgan fingerprint density at radius 1 is 0.852 bits per heavy atom. The van der Waals surface area contributed by atoms with E-state index in [4.69, 9.17) is 15.1 Å². The maximum absolute atomic E-state index is 9.01. The van der Waals surface area contributed by atoms with Crippen LogP contribution >= 0.6 is 0 Å². The minimum Gasteiger partial charge on any atom is -0.497 e. The van der Waals surface area contributed by atoms with Gasteiger partial charge in [0.15, 0.2) is 0 Å². The highest BCUT2D eigenvalue weighted by Crippen LogP contribution is 2.30. The van der Waals surface area contributed by atoms with Crippen LogP contribution in [0.1, 0.15) is 5.56 Å². The van der Waals surface area contributed by atoms with Crippen molar-refractivity contribution in [3.63, 3.8) is 0 Å². The number of nitrogens with zero attached hydrogens (tertiary/aromatic N) is 3. The number of benzene rings is 3. The van der Waals surface area contributed by atoms with Gasteiger partial charge in [0.1, 0.15) is 5.75 Å². The lowest BCUT2D eigenvalue weighted by atomic mass is 10.1. The molecule has 1 aromatic heterocycles. The molecule has 4 rings (SSSR count). The average molecular weight is 351 g/mol. The quantitative estimate of drug-likeness (QED) is 0.515. The van der Waals surface area contributed by atoms with E-state index in [1.807, 2.05) is 83.5 Å². The van der Waals surface area contributed by atoms with E-state index >= 15 is 0 Å². The Morgan fingerprint density at radius 3 is 2.15 bits per heavy atom. The van der Waals surface area contributed by atoms with Crippen molar-refractivity contribution < 1.29 is 4.74 Å². The SMILES string of the molecule is COc1ccc(-c2cc(-c3ccc(C#N)cc3)nn2-c2ccccc2)cc1. The van der Waals surface area contributed by atoms with Crippen molar-refractivity contribution in [2.75, 3.05) is 7.11 Å². The van der Waals surface area contributed by atoms with Gasteiger partial charge in [-0.1, -0.05) is 30.3 Å². The van der Waals surface area contributed by atoms with Crippen LogP contribution in [0.15, 0.2) is 84.9 Å². The van der Waals surface area contributed by atoms with Gasteiger partial charge >= 0.3 is 0 Å². The lowest BCUT2D eigenvalue weighted by Gasteiger charge is -2.08. The lowest BCUT2D eigenvalue weighted by molar-refractivity contribution is 0.415. The summed E-state index contributed by atoms with van der Waals surface area (Å²) in [5, 5.41) is 13.8. The second-order valence-corrected chi connectivity index (χ2v) is 6.08. The first-order chi connectivity index (χ1) is 13.3. The number of ether oxygens (including phenoxy) is 1. The molecule has 0 atom stereocenters. The van der Waals surface area contributed by atoms with Crippen LogP contribution in [0.4, 0.5) is 0 Å². The predicted molar refractivity (Wildman–Crippen MR) is 106 cm³/mol. The van der Waals surface area contributed by atoms with Crippen LogP contribution < -0.4 is 4.74 Å². The van der Waals surface area contributed by atoms with E-state index in [2.05, 4.69) is 12.1 Å². The minimum atomic E-state index is 0.636. The maximum atomic E-state index is 9.01. The Morgan fingerprint density at radius 2 is 1.52 bits per heavy atom. The number of para-hydroxylation sites is 1. The molecule has 0 N–H and O–H groups in total. The smallest absolute Gasteiger partial charge is 0.118 e. The van der Waals surface area contributed by atoms with Gasteiger partial charge in [-0.3, -0.25) is 0 Å². The highest BCUT2D eigenvalue weighted by Gasteiger charge is 2.13. The van der Waals surface area contributed by atoms with Crippen molar-refractivity contribution in [3.8, 4) is 40.0 Å². The second kappa shape index (κ2) is 7.19. The first-order valence-corrected chi connectivity index (χ1v) is 8.59. The highest BCUT2D eigenvalue weighted by molar-refractivity contribution is 5.71. The first kappa shape index (κ1) is 16.6. The largest absolute Gasteiger partial charge is 0.497 e. The molecule has 27 heavy (non-hydrogen) atoms. The Kier molecular flexibility index (Phi) is 4.42. The molecule has 0 aliphatic rings. The Hall–Kier alpha value is -3.84. The van der Waals surface area contributed by atoms with Crippen molar-refractivity contribution in [2.24, 2.45) is 0 Å². The Balaban J connectivity index is 1.85. The fourth-order valence-electron chi connectivity index (χ4n) is 2.97. The van der Waals surface area contributed by atoms with Gasteiger partial charge in [0, 0.05) is 11.1 Å². The number of hydrogen-bond donors (Lipinski definition) is 0. The molecule has 0 aliphatic heterocycles. The van der Waals surface area contributed by atoms with Crippen LogP contribution in [-0.4, -0.2) is 16.9 Å². The molecule has 0 bridgehead atoms. The van der Waals surface area contributed by atoms with Gasteiger partial charge in [0.25, 0.3) is 0 Å². The topological polar surface area (TPSA) is 50.8 Å². The van der Waals surface area contributed by atoms with E-state index in [1.54, 1.807) is 7.11 Å². The summed E-state index contributed by atoms with van der Waals surface area (Å²) in [5.74, 6) is 0.817. The zero-order chi connectivity index (χ0) is 18.6. The third-order valence-corrected chi connectivity index (χ3v) is 4.41. The molecule has 0 aliphatic carbocycles. The van der Waals surface area contributed by atoms with E-state index in [0.29, 0.717) is 5.56 Å². The van der Waals surface area contributed by atoms with E-state index in [9.17, 15) is 0 Å². The van der Waals surface area contributed by atoms with Crippen LogP contribution in [0, 0.1) is 11.3 Å². The summed E-state index contributed by atoms with van der Waals surface area (Å²) in [6.07, 6.45) is 0. The summed E-state index contributed by atoms with van der Waals surface area (Å²) >= 11 is 0. The van der Waals surface area contributed by atoms with Crippen molar-refractivity contribution in [1.29, 1.82) is 5.26 Å². The van der Waals surface area contributed by atoms with Gasteiger partial charge in [0.05, 0.1) is 35.8 Å². The zero-order valence-corrected chi connectivity index (χ0v) is 14.8. The summed E-state index contributed by atoms with van der Waals surface area (Å²) in [4.78, 5) is 0. The zero-order valence-electron chi connectivity index (χ0n) is 14.8. The number of hydrogen-bond acceptors (Lipinski definition) is 3. The number of methoxy groups -OCH3 is 1. The molecule has 0 amide bonds. The third kappa shape index (κ3) is 3.31. The fraction of sp³-hybridized carbons (Fsp3) is 0.0435. The van der Waals surface area contributed by atoms with Gasteiger partial charge in [-0.05, 0) is 54.6 Å². The van der Waals surface area contributed by atoms with Crippen molar-refractivity contribution in [1.82, 2.24) is 9.78 Å². The third-order valence-electron chi connectivity index (χ3n) is 4.41. The molecular formula is C23H17N3O. The standard InChI is InChI=1S/C23H17N3O/c1-27-21-13-11-19(12-14-21)23-15-22(18-9-7-17(16-24)8-10-18)25-26(23)20-5-3-2-4-6-20/h2-15H,1H3. The Bertz CT molecular complexity index is 1090. The monoisotopic (exact) mass is 351 g/mol. The number of aromatic nitrogens is 2. The molecule has 4 nitrogen and oxygen atoms in total. The van der Waals surface area contributed by atoms with E-state index < -0.39 is 0 Å². The molecule has 0 saturated carbocycles. The van der Waals surface area contributed by atoms with E-state index in [-0.39, 0.29) is 0 Å². The summed E-state index contributed by atoms with van der Waals surface area (Å²) in [5.41, 5.74) is 5.49. The number of rotatable bonds is 4. The molecule has 1 heterocycles. The molecule has 0 fully saturated rings. The molecule has 4 aromatic rings. The molecule has 130 valence electrons. The lowest BCUT2D eigenvalue weighted by Crippen LogP contribution is -1.99. The van der Waals surface area contributed by atoms with Crippen molar-refractivity contribution in [3.05, 3.63) is 90.5 Å². The van der Waals surface area contributed by atoms with Crippen molar-refractivity contribution in [2.45, 2.75) is 0 Å².